The summed E-state index contributed by atoms with van der Waals surface area (Å²) in [4.78, 5) is 10.1. The third-order valence-corrected chi connectivity index (χ3v) is 4.20. The van der Waals surface area contributed by atoms with Gasteiger partial charge in [-0.15, -0.1) is 0 Å². The molecule has 0 fully saturated rings. The Labute approximate surface area is 116 Å². The predicted molar refractivity (Wildman–Crippen MR) is 69.6 cm³/mol. The van der Waals surface area contributed by atoms with E-state index < -0.39 is 32.7 Å². The van der Waals surface area contributed by atoms with E-state index in [-0.39, 0.29) is 12.2 Å². The topological polar surface area (TPSA) is 92.7 Å². The molecule has 1 aromatic carbocycles. The van der Waals surface area contributed by atoms with Crippen LogP contribution in [-0.4, -0.2) is 39.3 Å². The van der Waals surface area contributed by atoms with Crippen LogP contribution in [0.25, 0.3) is 0 Å². The molecule has 0 aliphatic rings. The van der Waals surface area contributed by atoms with Crippen LogP contribution in [0.15, 0.2) is 23.1 Å². The van der Waals surface area contributed by atoms with Crippen LogP contribution in [0.4, 0.5) is 4.39 Å². The highest BCUT2D eigenvalue weighted by molar-refractivity contribution is 7.89. The van der Waals surface area contributed by atoms with Crippen molar-refractivity contribution in [3.63, 3.8) is 0 Å². The van der Waals surface area contributed by atoms with Gasteiger partial charge in [-0.05, 0) is 24.6 Å². The van der Waals surface area contributed by atoms with Crippen molar-refractivity contribution in [1.29, 1.82) is 0 Å². The Morgan fingerprint density at radius 2 is 2.15 bits per heavy atom. The first-order valence-corrected chi connectivity index (χ1v) is 7.34. The number of halogens is 1. The van der Waals surface area contributed by atoms with Gasteiger partial charge >= 0.3 is 5.97 Å². The zero-order chi connectivity index (χ0) is 15.3. The van der Waals surface area contributed by atoms with Crippen molar-refractivity contribution < 1.29 is 27.4 Å². The van der Waals surface area contributed by atoms with Crippen molar-refractivity contribution >= 4 is 16.0 Å². The number of methoxy groups -OCH3 is 1. The number of carboxylic acids is 1. The van der Waals surface area contributed by atoms with Crippen LogP contribution < -0.4 is 4.72 Å². The Morgan fingerprint density at radius 1 is 1.50 bits per heavy atom. The molecule has 8 heteroatoms. The van der Waals surface area contributed by atoms with Gasteiger partial charge in [0.1, 0.15) is 10.7 Å². The van der Waals surface area contributed by atoms with Gasteiger partial charge in [0.05, 0.1) is 12.2 Å². The summed E-state index contributed by atoms with van der Waals surface area (Å²) in [5, 5.41) is 8.71. The van der Waals surface area contributed by atoms with E-state index in [1.807, 2.05) is 0 Å². The van der Waals surface area contributed by atoms with E-state index in [4.69, 9.17) is 9.84 Å². The fraction of sp³-hybridized carbons (Fsp3) is 0.417. The van der Waals surface area contributed by atoms with E-state index in [1.165, 1.54) is 7.11 Å². The molecule has 1 unspecified atom stereocenters. The maximum Gasteiger partial charge on any atom is 0.335 e. The molecule has 0 amide bonds. The number of sulfonamides is 1. The zero-order valence-corrected chi connectivity index (χ0v) is 11.9. The molecular formula is C12H16FNO5S. The summed E-state index contributed by atoms with van der Waals surface area (Å²) < 4.78 is 44.9. The van der Waals surface area contributed by atoms with Crippen molar-refractivity contribution in [2.75, 3.05) is 13.7 Å². The molecule has 20 heavy (non-hydrogen) atoms. The average molecular weight is 305 g/mol. The molecule has 0 heterocycles. The molecule has 0 saturated heterocycles. The number of hydrogen-bond donors (Lipinski definition) is 2. The first kappa shape index (κ1) is 16.5. The quantitative estimate of drug-likeness (QED) is 0.790. The average Bonchev–Trinajstić information content (AvgIpc) is 2.37. The summed E-state index contributed by atoms with van der Waals surface area (Å²) in [7, 11) is -2.64. The molecule has 0 radical (unpaired) electrons. The van der Waals surface area contributed by atoms with Gasteiger partial charge in [-0.1, -0.05) is 6.92 Å². The van der Waals surface area contributed by atoms with E-state index in [1.54, 1.807) is 6.92 Å². The van der Waals surface area contributed by atoms with Crippen molar-refractivity contribution in [3.05, 3.63) is 29.6 Å². The normalized spacial score (nSPS) is 13.2. The minimum atomic E-state index is -4.06. The Bertz CT molecular complexity index is 588. The van der Waals surface area contributed by atoms with Crippen LogP contribution in [0.3, 0.4) is 0 Å². The van der Waals surface area contributed by atoms with Gasteiger partial charge in [0.25, 0.3) is 0 Å². The predicted octanol–water partition coefficient (Wildman–Crippen LogP) is 1.23. The summed E-state index contributed by atoms with van der Waals surface area (Å²) >= 11 is 0. The van der Waals surface area contributed by atoms with E-state index in [0.29, 0.717) is 12.5 Å². The molecule has 112 valence electrons. The van der Waals surface area contributed by atoms with Crippen LogP contribution in [-0.2, 0) is 14.8 Å². The largest absolute Gasteiger partial charge is 0.478 e. The number of hydrogen-bond acceptors (Lipinski definition) is 4. The van der Waals surface area contributed by atoms with Crippen molar-refractivity contribution in [3.8, 4) is 0 Å². The second kappa shape index (κ2) is 6.78. The maximum absolute atomic E-state index is 13.7. The number of aromatic carboxylic acids is 1. The molecule has 1 rings (SSSR count). The maximum atomic E-state index is 13.7. The van der Waals surface area contributed by atoms with Gasteiger partial charge < -0.3 is 9.84 Å². The molecule has 0 spiro atoms. The summed E-state index contributed by atoms with van der Waals surface area (Å²) in [5.41, 5.74) is -0.314. The highest BCUT2D eigenvalue weighted by Crippen LogP contribution is 2.17. The summed E-state index contributed by atoms with van der Waals surface area (Å²) in [6, 6.07) is 2.16. The molecule has 0 aliphatic carbocycles. The first-order chi connectivity index (χ1) is 9.31. The molecule has 1 atom stereocenters. The monoisotopic (exact) mass is 305 g/mol. The summed E-state index contributed by atoms with van der Waals surface area (Å²) in [5.74, 6) is -2.43. The first-order valence-electron chi connectivity index (χ1n) is 5.86. The van der Waals surface area contributed by atoms with Crippen molar-refractivity contribution in [1.82, 2.24) is 4.72 Å². The molecule has 0 saturated carbocycles. The van der Waals surface area contributed by atoms with Crippen LogP contribution in [0.5, 0.6) is 0 Å². The number of nitrogens with one attached hydrogen (secondary N) is 1. The lowest BCUT2D eigenvalue weighted by Crippen LogP contribution is -2.37. The Kier molecular flexibility index (Phi) is 5.61. The number of carboxylic acid groups (broad SMARTS) is 1. The Hall–Kier alpha value is -1.51. The third-order valence-electron chi connectivity index (χ3n) is 2.65. The number of benzene rings is 1. The van der Waals surface area contributed by atoms with Gasteiger partial charge in [-0.3, -0.25) is 0 Å². The van der Waals surface area contributed by atoms with E-state index in [2.05, 4.69) is 4.72 Å². The van der Waals surface area contributed by atoms with Crippen LogP contribution in [0.1, 0.15) is 23.7 Å². The molecule has 1 aromatic rings. The molecular weight excluding hydrogens is 289 g/mol. The minimum absolute atomic E-state index is 0.157. The SMILES string of the molecule is CCC(COC)NS(=O)(=O)c1ccc(C(=O)O)cc1F. The highest BCUT2D eigenvalue weighted by Gasteiger charge is 2.23. The second-order valence-corrected chi connectivity index (χ2v) is 5.81. The van der Waals surface area contributed by atoms with Gasteiger partial charge in [0.2, 0.25) is 10.0 Å². The molecule has 2 N–H and O–H groups in total. The molecule has 6 nitrogen and oxygen atoms in total. The van der Waals surface area contributed by atoms with Crippen LogP contribution in [0.2, 0.25) is 0 Å². The van der Waals surface area contributed by atoms with E-state index >= 15 is 0 Å². The Balaban J connectivity index is 3.06. The fourth-order valence-electron chi connectivity index (χ4n) is 1.57. The second-order valence-electron chi connectivity index (χ2n) is 4.13. The lowest BCUT2D eigenvalue weighted by Gasteiger charge is -2.16. The fourth-order valence-corrected chi connectivity index (χ4v) is 2.93. The number of rotatable bonds is 7. The van der Waals surface area contributed by atoms with Gasteiger partial charge in [-0.25, -0.2) is 22.3 Å². The van der Waals surface area contributed by atoms with Crippen molar-refractivity contribution in [2.45, 2.75) is 24.3 Å². The van der Waals surface area contributed by atoms with Gasteiger partial charge in [-0.2, -0.15) is 0 Å². The third kappa shape index (κ3) is 3.99. The summed E-state index contributed by atoms with van der Waals surface area (Å²) in [6.45, 7) is 1.92. The van der Waals surface area contributed by atoms with E-state index in [0.717, 1.165) is 12.1 Å². The van der Waals surface area contributed by atoms with Gasteiger partial charge in [0.15, 0.2) is 0 Å². The number of carbonyl (C=O) groups is 1. The van der Waals surface area contributed by atoms with Crippen LogP contribution in [0, 0.1) is 5.82 Å². The number of ether oxygens (including phenoxy) is 1. The highest BCUT2D eigenvalue weighted by atomic mass is 32.2. The summed E-state index contributed by atoms with van der Waals surface area (Å²) in [6.07, 6.45) is 0.474. The Morgan fingerprint density at radius 3 is 2.60 bits per heavy atom. The molecule has 0 aromatic heterocycles. The van der Waals surface area contributed by atoms with Crippen LogP contribution >= 0.6 is 0 Å². The lowest BCUT2D eigenvalue weighted by atomic mass is 10.2. The van der Waals surface area contributed by atoms with E-state index in [9.17, 15) is 17.6 Å². The molecule has 0 bridgehead atoms. The van der Waals surface area contributed by atoms with Crippen molar-refractivity contribution in [2.24, 2.45) is 0 Å². The standard InChI is InChI=1S/C12H16FNO5S/c1-3-9(7-19-2)14-20(17,18)11-5-4-8(12(15)16)6-10(11)13/h4-6,9,14H,3,7H2,1-2H3,(H,15,16). The lowest BCUT2D eigenvalue weighted by molar-refractivity contribution is 0.0696. The van der Waals surface area contributed by atoms with Gasteiger partial charge in [0, 0.05) is 13.2 Å². The minimum Gasteiger partial charge on any atom is -0.478 e. The molecule has 0 aliphatic heterocycles. The zero-order valence-electron chi connectivity index (χ0n) is 11.1. The smallest absolute Gasteiger partial charge is 0.335 e.